The van der Waals surface area contributed by atoms with Gasteiger partial charge in [0.25, 0.3) is 0 Å². The summed E-state index contributed by atoms with van der Waals surface area (Å²) in [6.45, 7) is 5.40. The molecule has 0 bridgehead atoms. The first-order valence-electron chi connectivity index (χ1n) is 4.49. The lowest BCUT2D eigenvalue weighted by molar-refractivity contribution is -0.132. The molecule has 0 aliphatic heterocycles. The smallest absolute Gasteiger partial charge is 0.407 e. The molecule has 0 rings (SSSR count). The van der Waals surface area contributed by atoms with Crippen LogP contribution in [0.25, 0.3) is 0 Å². The number of rotatable bonds is 6. The number of carbonyl (C=O) groups excluding carboxylic acids is 1. The van der Waals surface area contributed by atoms with Crippen molar-refractivity contribution in [2.24, 2.45) is 0 Å². The normalized spacial score (nSPS) is 10.6. The molecule has 0 unspecified atom stereocenters. The van der Waals surface area contributed by atoms with Gasteiger partial charge in [0.2, 0.25) is 0 Å². The molecule has 0 aliphatic rings. The van der Waals surface area contributed by atoms with E-state index in [2.05, 4.69) is 16.6 Å². The molecule has 5 nitrogen and oxygen atoms in total. The molecule has 0 heterocycles. The summed E-state index contributed by atoms with van der Waals surface area (Å²) in [5, 5.41) is 11.0. The first-order valence-corrected chi connectivity index (χ1v) is 4.49. The van der Waals surface area contributed by atoms with Crippen LogP contribution in [0.4, 0.5) is 4.79 Å². The highest BCUT2D eigenvalue weighted by atomic mass is 16.5. The van der Waals surface area contributed by atoms with Gasteiger partial charge in [0, 0.05) is 12.1 Å². The van der Waals surface area contributed by atoms with Gasteiger partial charge in [0.05, 0.1) is 0 Å². The fourth-order valence-corrected chi connectivity index (χ4v) is 0.736. The average Bonchev–Trinajstić information content (AvgIpc) is 2.20. The first-order chi connectivity index (χ1) is 7.07. The van der Waals surface area contributed by atoms with E-state index in [1.165, 1.54) is 19.1 Å². The van der Waals surface area contributed by atoms with Crippen LogP contribution in [0.1, 0.15) is 13.3 Å². The molecule has 5 heteroatoms. The van der Waals surface area contributed by atoms with Gasteiger partial charge < -0.3 is 15.2 Å². The Balaban J connectivity index is 3.62. The fourth-order valence-electron chi connectivity index (χ4n) is 0.736. The second-order valence-corrected chi connectivity index (χ2v) is 2.79. The molecule has 0 aliphatic carbocycles. The van der Waals surface area contributed by atoms with Gasteiger partial charge in [-0.15, -0.1) is 0 Å². The largest absolute Gasteiger partial charge is 0.478 e. The number of carboxylic acid groups (broad SMARTS) is 1. The van der Waals surface area contributed by atoms with Crippen LogP contribution < -0.4 is 5.32 Å². The van der Waals surface area contributed by atoms with Crippen LogP contribution in [0, 0.1) is 0 Å². The van der Waals surface area contributed by atoms with E-state index in [1.807, 2.05) is 0 Å². The van der Waals surface area contributed by atoms with Gasteiger partial charge in [-0.2, -0.15) is 0 Å². The number of hydrogen-bond donors (Lipinski definition) is 2. The quantitative estimate of drug-likeness (QED) is 0.396. The van der Waals surface area contributed by atoms with Crippen LogP contribution in [-0.4, -0.2) is 30.3 Å². The second kappa shape index (κ2) is 7.61. The highest BCUT2D eigenvalue weighted by Gasteiger charge is 2.00. The molecule has 0 aromatic carbocycles. The number of ether oxygens (including phenoxy) is 1. The third-order valence-corrected chi connectivity index (χ3v) is 1.53. The van der Waals surface area contributed by atoms with Crippen molar-refractivity contribution in [1.29, 1.82) is 0 Å². The Morgan fingerprint density at radius 3 is 2.73 bits per heavy atom. The Labute approximate surface area is 88.4 Å². The number of aliphatic carboxylic acids is 1. The summed E-state index contributed by atoms with van der Waals surface area (Å²) >= 11 is 0. The Morgan fingerprint density at radius 2 is 2.20 bits per heavy atom. The third-order valence-electron chi connectivity index (χ3n) is 1.53. The highest BCUT2D eigenvalue weighted by Crippen LogP contribution is 1.94. The molecule has 84 valence electrons. The lowest BCUT2D eigenvalue weighted by Gasteiger charge is -2.03. The Hall–Kier alpha value is -1.78. The van der Waals surface area contributed by atoms with Gasteiger partial charge >= 0.3 is 12.1 Å². The first kappa shape index (κ1) is 13.2. The Bertz CT molecular complexity index is 271. The van der Waals surface area contributed by atoms with Crippen LogP contribution in [-0.2, 0) is 9.53 Å². The van der Waals surface area contributed by atoms with Crippen LogP contribution in [0.5, 0.6) is 0 Å². The van der Waals surface area contributed by atoms with Crippen LogP contribution in [0.3, 0.4) is 0 Å². The zero-order valence-electron chi connectivity index (χ0n) is 8.66. The molecule has 0 fully saturated rings. The van der Waals surface area contributed by atoms with Gasteiger partial charge in [-0.3, -0.25) is 0 Å². The van der Waals surface area contributed by atoms with Crippen molar-refractivity contribution in [3.05, 3.63) is 24.3 Å². The Kier molecular flexibility index (Phi) is 6.70. The molecule has 0 aromatic rings. The maximum Gasteiger partial charge on any atom is 0.407 e. The maximum atomic E-state index is 10.9. The molecule has 15 heavy (non-hydrogen) atoms. The predicted octanol–water partition coefficient (Wildman–Crippen LogP) is 1.32. The summed E-state index contributed by atoms with van der Waals surface area (Å²) in [7, 11) is 0. The van der Waals surface area contributed by atoms with E-state index in [4.69, 9.17) is 5.11 Å². The van der Waals surface area contributed by atoms with E-state index in [1.54, 1.807) is 0 Å². The minimum Gasteiger partial charge on any atom is -0.478 e. The number of carboxylic acids is 1. The molecule has 1 amide bonds. The van der Waals surface area contributed by atoms with E-state index in [0.717, 1.165) is 0 Å². The van der Waals surface area contributed by atoms with Crippen molar-refractivity contribution >= 4 is 12.1 Å². The standard InChI is InChI=1S/C10H15NO4/c1-3-7-15-10(14)11-6-4-5-8(2)9(12)13/h3,5H,1,4,6-7H2,2H3,(H,11,14)(H,12,13). The monoisotopic (exact) mass is 213 g/mol. The summed E-state index contributed by atoms with van der Waals surface area (Å²) in [5.74, 6) is -0.954. The molecule has 0 aromatic heterocycles. The summed E-state index contributed by atoms with van der Waals surface area (Å²) < 4.78 is 4.64. The molecular formula is C10H15NO4. The van der Waals surface area contributed by atoms with Gasteiger partial charge in [0.1, 0.15) is 6.61 Å². The molecule has 0 atom stereocenters. The minimum atomic E-state index is -0.954. The van der Waals surface area contributed by atoms with Gasteiger partial charge in [-0.1, -0.05) is 18.7 Å². The lowest BCUT2D eigenvalue weighted by Crippen LogP contribution is -2.25. The number of carbonyl (C=O) groups is 2. The molecule has 0 saturated carbocycles. The van der Waals surface area contributed by atoms with Crippen molar-refractivity contribution in [1.82, 2.24) is 5.32 Å². The summed E-state index contributed by atoms with van der Waals surface area (Å²) in [5.41, 5.74) is 0.260. The van der Waals surface area contributed by atoms with Gasteiger partial charge in [-0.25, -0.2) is 9.59 Å². The van der Waals surface area contributed by atoms with Crippen LogP contribution in [0.2, 0.25) is 0 Å². The molecule has 2 N–H and O–H groups in total. The van der Waals surface area contributed by atoms with Crippen molar-refractivity contribution in [2.75, 3.05) is 13.2 Å². The summed E-state index contributed by atoms with van der Waals surface area (Å²) in [6.07, 6.45) is 2.93. The number of nitrogens with one attached hydrogen (secondary N) is 1. The van der Waals surface area contributed by atoms with E-state index in [0.29, 0.717) is 13.0 Å². The minimum absolute atomic E-state index is 0.163. The number of hydrogen-bond acceptors (Lipinski definition) is 3. The highest BCUT2D eigenvalue weighted by molar-refractivity contribution is 5.85. The number of alkyl carbamates (subject to hydrolysis) is 1. The molecule has 0 spiro atoms. The number of amides is 1. The van der Waals surface area contributed by atoms with Crippen molar-refractivity contribution in [3.63, 3.8) is 0 Å². The topological polar surface area (TPSA) is 75.6 Å². The summed E-state index contributed by atoms with van der Waals surface area (Å²) in [4.78, 5) is 21.2. The molecule has 0 radical (unpaired) electrons. The molecular weight excluding hydrogens is 198 g/mol. The fraction of sp³-hybridized carbons (Fsp3) is 0.400. The van der Waals surface area contributed by atoms with Gasteiger partial charge in [-0.05, 0) is 13.3 Å². The van der Waals surface area contributed by atoms with E-state index >= 15 is 0 Å². The maximum absolute atomic E-state index is 10.9. The predicted molar refractivity (Wildman–Crippen MR) is 55.6 cm³/mol. The molecule has 0 saturated heterocycles. The van der Waals surface area contributed by atoms with Gasteiger partial charge in [0.15, 0.2) is 0 Å². The second-order valence-electron chi connectivity index (χ2n) is 2.79. The van der Waals surface area contributed by atoms with Crippen molar-refractivity contribution < 1.29 is 19.4 Å². The summed E-state index contributed by atoms with van der Waals surface area (Å²) in [6, 6.07) is 0. The Morgan fingerprint density at radius 1 is 1.53 bits per heavy atom. The van der Waals surface area contributed by atoms with E-state index in [9.17, 15) is 9.59 Å². The van der Waals surface area contributed by atoms with E-state index < -0.39 is 12.1 Å². The zero-order valence-corrected chi connectivity index (χ0v) is 8.66. The third kappa shape index (κ3) is 7.30. The average molecular weight is 213 g/mol. The lowest BCUT2D eigenvalue weighted by atomic mass is 10.2. The van der Waals surface area contributed by atoms with Crippen molar-refractivity contribution in [3.8, 4) is 0 Å². The van der Waals surface area contributed by atoms with Crippen LogP contribution in [0.15, 0.2) is 24.3 Å². The van der Waals surface area contributed by atoms with Crippen molar-refractivity contribution in [2.45, 2.75) is 13.3 Å². The van der Waals surface area contributed by atoms with E-state index in [-0.39, 0.29) is 12.2 Å². The SMILES string of the molecule is C=CCOC(=O)NCCC=C(C)C(=O)O. The zero-order chi connectivity index (χ0) is 11.7. The van der Waals surface area contributed by atoms with Crippen LogP contribution >= 0.6 is 0 Å².